The lowest BCUT2D eigenvalue weighted by Crippen LogP contribution is -2.46. The molecule has 28 heavy (non-hydrogen) atoms. The Hall–Kier alpha value is -1.75. The number of hydrogen-bond donors (Lipinski definition) is 2. The van der Waals surface area contributed by atoms with Crippen LogP contribution >= 0.6 is 0 Å². The Morgan fingerprint density at radius 2 is 1.93 bits per heavy atom. The molecule has 2 heterocycles. The summed E-state index contributed by atoms with van der Waals surface area (Å²) < 4.78 is 6.48. The maximum absolute atomic E-state index is 6.48. The van der Waals surface area contributed by atoms with Gasteiger partial charge >= 0.3 is 0 Å². The number of aliphatic imine (C=N–C) groups is 1. The minimum atomic E-state index is 0.0145. The van der Waals surface area contributed by atoms with Gasteiger partial charge in [-0.05, 0) is 77.1 Å². The number of guanidine groups is 1. The zero-order valence-corrected chi connectivity index (χ0v) is 17.4. The van der Waals surface area contributed by atoms with E-state index in [1.165, 1.54) is 76.6 Å². The van der Waals surface area contributed by atoms with Crippen molar-refractivity contribution in [1.29, 1.82) is 0 Å². The monoisotopic (exact) mass is 384 g/mol. The van der Waals surface area contributed by atoms with Crippen molar-refractivity contribution in [2.75, 3.05) is 33.2 Å². The number of ether oxygens (including phenoxy) is 1. The van der Waals surface area contributed by atoms with Gasteiger partial charge in [-0.15, -0.1) is 0 Å². The molecule has 5 heteroatoms. The van der Waals surface area contributed by atoms with Gasteiger partial charge in [0, 0.05) is 25.6 Å². The predicted octanol–water partition coefficient (Wildman–Crippen LogP) is 3.86. The summed E-state index contributed by atoms with van der Waals surface area (Å²) in [5.41, 5.74) is 1.28. The van der Waals surface area contributed by atoms with E-state index < -0.39 is 0 Å². The fourth-order valence-electron chi connectivity index (χ4n) is 5.11. The smallest absolute Gasteiger partial charge is 0.191 e. The van der Waals surface area contributed by atoms with Gasteiger partial charge in [-0.25, -0.2) is 0 Å². The quantitative estimate of drug-likeness (QED) is 0.444. The minimum absolute atomic E-state index is 0.0145. The highest BCUT2D eigenvalue weighted by molar-refractivity contribution is 5.80. The normalized spacial score (nSPS) is 24.2. The van der Waals surface area contributed by atoms with Gasteiger partial charge in [0.05, 0.1) is 6.04 Å². The first-order chi connectivity index (χ1) is 13.8. The Bertz CT molecular complexity index is 662. The summed E-state index contributed by atoms with van der Waals surface area (Å²) in [6.07, 6.45) is 11.1. The van der Waals surface area contributed by atoms with Crippen LogP contribution in [-0.4, -0.2) is 49.7 Å². The number of para-hydroxylation sites is 1. The number of benzene rings is 1. The Labute approximate surface area is 169 Å². The van der Waals surface area contributed by atoms with Crippen molar-refractivity contribution < 1.29 is 4.74 Å². The van der Waals surface area contributed by atoms with Crippen LogP contribution in [0.1, 0.15) is 69.4 Å². The number of nitrogens with zero attached hydrogens (tertiary/aromatic N) is 2. The molecule has 1 atom stereocenters. The molecule has 1 unspecified atom stereocenters. The number of rotatable bonds is 6. The van der Waals surface area contributed by atoms with Crippen molar-refractivity contribution in [1.82, 2.24) is 15.5 Å². The number of hydrogen-bond acceptors (Lipinski definition) is 3. The van der Waals surface area contributed by atoms with Gasteiger partial charge in [0.2, 0.25) is 0 Å². The highest BCUT2D eigenvalue weighted by Crippen LogP contribution is 2.46. The standard InChI is InChI=1S/C23H36N4O/c1-24-22(25-14-6-7-15-27-16-8-9-17-27)26-20-18-23(12-4-5-13-23)28-21-11-3-2-10-19(20)21/h2-3,10-11,20H,4-9,12-18H2,1H3,(H2,24,25,26). The van der Waals surface area contributed by atoms with E-state index in [1.54, 1.807) is 0 Å². The van der Waals surface area contributed by atoms with Crippen molar-refractivity contribution in [3.05, 3.63) is 29.8 Å². The SMILES string of the molecule is CN=C(NCCCCN1CCCC1)NC1CC2(CCCC2)Oc2ccccc21. The van der Waals surface area contributed by atoms with Crippen molar-refractivity contribution in [3.8, 4) is 5.75 Å². The number of fused-ring (bicyclic) bond motifs is 1. The molecule has 1 aromatic rings. The molecule has 2 fully saturated rings. The van der Waals surface area contributed by atoms with Crippen LogP contribution in [0.5, 0.6) is 5.75 Å². The maximum Gasteiger partial charge on any atom is 0.191 e. The molecule has 154 valence electrons. The first-order valence-electron chi connectivity index (χ1n) is 11.3. The van der Waals surface area contributed by atoms with Gasteiger partial charge in [0.15, 0.2) is 5.96 Å². The van der Waals surface area contributed by atoms with Gasteiger partial charge in [-0.2, -0.15) is 0 Å². The van der Waals surface area contributed by atoms with E-state index in [0.717, 1.165) is 24.7 Å². The lowest BCUT2D eigenvalue weighted by molar-refractivity contribution is 0.0396. The predicted molar refractivity (Wildman–Crippen MR) is 115 cm³/mol. The number of unbranched alkanes of at least 4 members (excludes halogenated alkanes) is 1. The third-order valence-electron chi connectivity index (χ3n) is 6.64. The molecule has 5 nitrogen and oxygen atoms in total. The molecule has 2 aliphatic heterocycles. The molecule has 0 aromatic heterocycles. The van der Waals surface area contributed by atoms with Crippen molar-refractivity contribution in [2.45, 2.75) is 69.4 Å². The highest BCUT2D eigenvalue weighted by atomic mass is 16.5. The van der Waals surface area contributed by atoms with Crippen LogP contribution in [0.2, 0.25) is 0 Å². The van der Waals surface area contributed by atoms with Crippen molar-refractivity contribution in [3.63, 3.8) is 0 Å². The zero-order chi connectivity index (χ0) is 19.2. The first-order valence-corrected chi connectivity index (χ1v) is 11.3. The average Bonchev–Trinajstić information content (AvgIpc) is 3.39. The highest BCUT2D eigenvalue weighted by Gasteiger charge is 2.43. The van der Waals surface area contributed by atoms with Crippen LogP contribution in [0.4, 0.5) is 0 Å². The van der Waals surface area contributed by atoms with Gasteiger partial charge in [0.1, 0.15) is 11.4 Å². The van der Waals surface area contributed by atoms with Crippen LogP contribution in [0.25, 0.3) is 0 Å². The van der Waals surface area contributed by atoms with E-state index in [4.69, 9.17) is 4.74 Å². The molecule has 3 aliphatic rings. The zero-order valence-electron chi connectivity index (χ0n) is 17.4. The van der Waals surface area contributed by atoms with E-state index >= 15 is 0 Å². The maximum atomic E-state index is 6.48. The van der Waals surface area contributed by atoms with Crippen molar-refractivity contribution in [2.24, 2.45) is 4.99 Å². The Morgan fingerprint density at radius 1 is 1.14 bits per heavy atom. The van der Waals surface area contributed by atoms with E-state index in [1.807, 2.05) is 7.05 Å². The molecule has 1 spiro atoms. The van der Waals surface area contributed by atoms with E-state index in [-0.39, 0.29) is 11.6 Å². The molecular weight excluding hydrogens is 348 g/mol. The molecular formula is C23H36N4O. The second-order valence-electron chi connectivity index (χ2n) is 8.69. The second-order valence-corrected chi connectivity index (χ2v) is 8.69. The van der Waals surface area contributed by atoms with E-state index in [2.05, 4.69) is 44.8 Å². The molecule has 1 saturated heterocycles. The van der Waals surface area contributed by atoms with E-state index in [9.17, 15) is 0 Å². The molecule has 4 rings (SSSR count). The largest absolute Gasteiger partial charge is 0.487 e. The lowest BCUT2D eigenvalue weighted by Gasteiger charge is -2.40. The molecule has 0 bridgehead atoms. The molecule has 1 saturated carbocycles. The third kappa shape index (κ3) is 4.62. The van der Waals surface area contributed by atoms with Gasteiger partial charge in [0.25, 0.3) is 0 Å². The van der Waals surface area contributed by atoms with Crippen LogP contribution in [0.3, 0.4) is 0 Å². The summed E-state index contributed by atoms with van der Waals surface area (Å²) in [6.45, 7) is 4.80. The van der Waals surface area contributed by atoms with Gasteiger partial charge in [-0.1, -0.05) is 18.2 Å². The van der Waals surface area contributed by atoms with Crippen LogP contribution in [-0.2, 0) is 0 Å². The Balaban J connectivity index is 1.31. The fourth-order valence-corrected chi connectivity index (χ4v) is 5.11. The Morgan fingerprint density at radius 3 is 2.71 bits per heavy atom. The molecule has 0 radical (unpaired) electrons. The summed E-state index contributed by atoms with van der Waals surface area (Å²) in [5.74, 6) is 1.96. The second kappa shape index (κ2) is 9.17. The van der Waals surface area contributed by atoms with Crippen molar-refractivity contribution >= 4 is 5.96 Å². The number of nitrogens with one attached hydrogen (secondary N) is 2. The summed E-state index contributed by atoms with van der Waals surface area (Å²) in [6, 6.07) is 8.77. The molecule has 0 amide bonds. The van der Waals surface area contributed by atoms with Gasteiger partial charge in [-0.3, -0.25) is 4.99 Å². The average molecular weight is 385 g/mol. The summed E-state index contributed by atoms with van der Waals surface area (Å²) >= 11 is 0. The van der Waals surface area contributed by atoms with E-state index in [0.29, 0.717) is 0 Å². The minimum Gasteiger partial charge on any atom is -0.487 e. The molecule has 1 aliphatic carbocycles. The van der Waals surface area contributed by atoms with Gasteiger partial charge < -0.3 is 20.3 Å². The van der Waals surface area contributed by atoms with Crippen LogP contribution in [0, 0.1) is 0 Å². The Kier molecular flexibility index (Phi) is 6.40. The lowest BCUT2D eigenvalue weighted by atomic mass is 9.86. The molecule has 1 aromatic carbocycles. The number of likely N-dealkylation sites (tertiary alicyclic amines) is 1. The van der Waals surface area contributed by atoms with Crippen LogP contribution in [0.15, 0.2) is 29.3 Å². The first kappa shape index (κ1) is 19.6. The van der Waals surface area contributed by atoms with Crippen LogP contribution < -0.4 is 15.4 Å². The topological polar surface area (TPSA) is 48.9 Å². The molecule has 2 N–H and O–H groups in total. The third-order valence-corrected chi connectivity index (χ3v) is 6.64. The fraction of sp³-hybridized carbons (Fsp3) is 0.696. The summed E-state index contributed by atoms with van der Waals surface area (Å²) in [5, 5.41) is 7.22. The summed E-state index contributed by atoms with van der Waals surface area (Å²) in [7, 11) is 1.87. The summed E-state index contributed by atoms with van der Waals surface area (Å²) in [4.78, 5) is 7.08.